The van der Waals surface area contributed by atoms with Gasteiger partial charge in [-0.3, -0.25) is 0 Å². The normalized spacial score (nSPS) is 13.0. The zero-order valence-corrected chi connectivity index (χ0v) is 13.0. The van der Waals surface area contributed by atoms with Crippen molar-refractivity contribution in [1.82, 2.24) is 9.97 Å². The molecule has 0 spiro atoms. The summed E-state index contributed by atoms with van der Waals surface area (Å²) in [6, 6.07) is 4.41. The Bertz CT molecular complexity index is 739. The molecule has 2 aromatic rings. The average molecular weight is 316 g/mol. The molecule has 5 N–H and O–H groups in total. The molecule has 0 fully saturated rings. The SMILES string of the molecule is CC(C)(O)/C=C(\C=C/CO)c1cnc(-c2ccc(O)c(O)c2)[nH]1. The number of aliphatic hydroxyl groups excluding tert-OH is 1. The van der Waals surface area contributed by atoms with E-state index in [-0.39, 0.29) is 18.1 Å². The van der Waals surface area contributed by atoms with Crippen LogP contribution in [0.1, 0.15) is 19.5 Å². The number of phenols is 2. The molecule has 6 heteroatoms. The van der Waals surface area contributed by atoms with Crippen LogP contribution in [0.25, 0.3) is 17.0 Å². The first kappa shape index (κ1) is 16.8. The topological polar surface area (TPSA) is 110 Å². The number of aromatic amines is 1. The maximum Gasteiger partial charge on any atom is 0.158 e. The summed E-state index contributed by atoms with van der Waals surface area (Å²) in [5, 5.41) is 37.8. The zero-order chi connectivity index (χ0) is 17.0. The minimum absolute atomic E-state index is 0.115. The van der Waals surface area contributed by atoms with Gasteiger partial charge in [-0.05, 0) is 43.7 Å². The fourth-order valence-electron chi connectivity index (χ4n) is 2.06. The highest BCUT2D eigenvalue weighted by Crippen LogP contribution is 2.30. The molecule has 122 valence electrons. The van der Waals surface area contributed by atoms with Gasteiger partial charge in [0.2, 0.25) is 0 Å². The second kappa shape index (κ2) is 6.68. The fraction of sp³-hybridized carbons (Fsp3) is 0.235. The van der Waals surface area contributed by atoms with Crippen molar-refractivity contribution in [3.8, 4) is 22.9 Å². The second-order valence-corrected chi connectivity index (χ2v) is 5.69. The summed E-state index contributed by atoms with van der Waals surface area (Å²) in [7, 11) is 0. The number of benzene rings is 1. The molecule has 1 aromatic heterocycles. The van der Waals surface area contributed by atoms with Crippen LogP contribution in [0.2, 0.25) is 0 Å². The van der Waals surface area contributed by atoms with Gasteiger partial charge >= 0.3 is 0 Å². The molecule has 1 aromatic carbocycles. The van der Waals surface area contributed by atoms with Gasteiger partial charge in [0, 0.05) is 5.56 Å². The minimum atomic E-state index is -1.03. The van der Waals surface area contributed by atoms with Crippen molar-refractivity contribution >= 4 is 5.57 Å². The number of nitrogens with zero attached hydrogens (tertiary/aromatic N) is 1. The molecule has 6 nitrogen and oxygen atoms in total. The number of rotatable bonds is 5. The van der Waals surface area contributed by atoms with Crippen molar-refractivity contribution in [3.05, 3.63) is 48.3 Å². The van der Waals surface area contributed by atoms with Gasteiger partial charge in [-0.15, -0.1) is 0 Å². The van der Waals surface area contributed by atoms with Crippen molar-refractivity contribution < 1.29 is 20.4 Å². The Kier molecular flexibility index (Phi) is 4.88. The lowest BCUT2D eigenvalue weighted by Gasteiger charge is -2.13. The first-order valence-electron chi connectivity index (χ1n) is 7.10. The van der Waals surface area contributed by atoms with E-state index in [0.717, 1.165) is 0 Å². The van der Waals surface area contributed by atoms with Crippen LogP contribution in [-0.2, 0) is 0 Å². The van der Waals surface area contributed by atoms with Crippen LogP contribution in [0.4, 0.5) is 0 Å². The standard InChI is InChI=1S/C17H20N2O4/c1-17(2,23)9-12(4-3-7-20)13-10-18-16(19-13)11-5-6-14(21)15(22)8-11/h3-6,8-10,20-23H,7H2,1-2H3,(H,18,19)/b4-3-,12-9+. The molecule has 0 radical (unpaired) electrons. The smallest absolute Gasteiger partial charge is 0.158 e. The van der Waals surface area contributed by atoms with Gasteiger partial charge in [0.25, 0.3) is 0 Å². The lowest BCUT2D eigenvalue weighted by atomic mass is 10.0. The number of allylic oxidation sites excluding steroid dienone is 2. The fourth-order valence-corrected chi connectivity index (χ4v) is 2.06. The molecule has 0 aliphatic carbocycles. The van der Waals surface area contributed by atoms with Crippen molar-refractivity contribution in [3.63, 3.8) is 0 Å². The predicted molar refractivity (Wildman–Crippen MR) is 87.9 cm³/mol. The average Bonchev–Trinajstić information content (AvgIpc) is 2.95. The molecule has 0 amide bonds. The second-order valence-electron chi connectivity index (χ2n) is 5.69. The van der Waals surface area contributed by atoms with Crippen LogP contribution < -0.4 is 0 Å². The summed E-state index contributed by atoms with van der Waals surface area (Å²) in [5.74, 6) is 0.0799. The van der Waals surface area contributed by atoms with Gasteiger partial charge in [-0.2, -0.15) is 0 Å². The Labute approximate surface area is 134 Å². The van der Waals surface area contributed by atoms with Crippen molar-refractivity contribution in [2.45, 2.75) is 19.4 Å². The molecule has 0 aliphatic rings. The molecule has 23 heavy (non-hydrogen) atoms. The van der Waals surface area contributed by atoms with Crippen molar-refractivity contribution in [2.75, 3.05) is 6.61 Å². The Hall–Kier alpha value is -2.57. The number of nitrogens with one attached hydrogen (secondary N) is 1. The van der Waals surface area contributed by atoms with E-state index >= 15 is 0 Å². The molecular weight excluding hydrogens is 296 g/mol. The zero-order valence-electron chi connectivity index (χ0n) is 13.0. The van der Waals surface area contributed by atoms with E-state index in [4.69, 9.17) is 5.11 Å². The molecular formula is C17H20N2O4. The van der Waals surface area contributed by atoms with E-state index in [1.165, 1.54) is 12.1 Å². The van der Waals surface area contributed by atoms with Gasteiger partial charge < -0.3 is 25.4 Å². The highest BCUT2D eigenvalue weighted by Gasteiger charge is 2.13. The van der Waals surface area contributed by atoms with Gasteiger partial charge in [0.05, 0.1) is 24.1 Å². The van der Waals surface area contributed by atoms with E-state index in [0.29, 0.717) is 22.7 Å². The molecule has 0 bridgehead atoms. The van der Waals surface area contributed by atoms with E-state index < -0.39 is 5.60 Å². The first-order chi connectivity index (χ1) is 10.8. The lowest BCUT2D eigenvalue weighted by molar-refractivity contribution is 0.133. The van der Waals surface area contributed by atoms with E-state index in [2.05, 4.69) is 9.97 Å². The predicted octanol–water partition coefficient (Wildman–Crippen LogP) is 2.19. The first-order valence-corrected chi connectivity index (χ1v) is 7.10. The molecule has 0 saturated carbocycles. The van der Waals surface area contributed by atoms with Crippen LogP contribution in [0, 0.1) is 0 Å². The van der Waals surface area contributed by atoms with Crippen molar-refractivity contribution in [1.29, 1.82) is 0 Å². The van der Waals surface area contributed by atoms with Gasteiger partial charge in [0.15, 0.2) is 11.5 Å². The van der Waals surface area contributed by atoms with Crippen LogP contribution in [0.5, 0.6) is 11.5 Å². The molecule has 0 saturated heterocycles. The third kappa shape index (κ3) is 4.45. The monoisotopic (exact) mass is 316 g/mol. The number of aromatic nitrogens is 2. The number of aromatic hydroxyl groups is 2. The van der Waals surface area contributed by atoms with Crippen LogP contribution in [0.3, 0.4) is 0 Å². The number of aliphatic hydroxyl groups is 2. The summed E-state index contributed by atoms with van der Waals surface area (Å²) in [5.41, 5.74) is 0.907. The number of phenolic OH excluding ortho intramolecular Hbond substituents is 2. The van der Waals surface area contributed by atoms with E-state index in [1.54, 1.807) is 44.3 Å². The minimum Gasteiger partial charge on any atom is -0.504 e. The van der Waals surface area contributed by atoms with Gasteiger partial charge in [-0.25, -0.2) is 4.98 Å². The van der Waals surface area contributed by atoms with Gasteiger partial charge in [0.1, 0.15) is 5.82 Å². The Morgan fingerprint density at radius 3 is 2.61 bits per heavy atom. The Morgan fingerprint density at radius 2 is 2.00 bits per heavy atom. The van der Waals surface area contributed by atoms with Crippen molar-refractivity contribution in [2.24, 2.45) is 0 Å². The number of imidazole rings is 1. The van der Waals surface area contributed by atoms with Crippen LogP contribution in [0.15, 0.2) is 42.6 Å². The van der Waals surface area contributed by atoms with E-state index in [1.807, 2.05) is 0 Å². The number of hydrogen-bond acceptors (Lipinski definition) is 5. The summed E-state index contributed by atoms with van der Waals surface area (Å²) in [6.45, 7) is 3.18. The van der Waals surface area contributed by atoms with E-state index in [9.17, 15) is 15.3 Å². The summed E-state index contributed by atoms with van der Waals surface area (Å²) >= 11 is 0. The molecule has 2 rings (SSSR count). The lowest BCUT2D eigenvalue weighted by Crippen LogP contribution is -2.14. The third-order valence-corrected chi connectivity index (χ3v) is 3.05. The quantitative estimate of drug-likeness (QED) is 0.429. The number of H-pyrrole nitrogens is 1. The Balaban J connectivity index is 2.40. The molecule has 0 aliphatic heterocycles. The summed E-state index contributed by atoms with van der Waals surface area (Å²) in [4.78, 5) is 7.34. The van der Waals surface area contributed by atoms with Crippen LogP contribution >= 0.6 is 0 Å². The largest absolute Gasteiger partial charge is 0.504 e. The molecule has 1 heterocycles. The highest BCUT2D eigenvalue weighted by atomic mass is 16.3. The number of hydrogen-bond donors (Lipinski definition) is 5. The van der Waals surface area contributed by atoms with Crippen LogP contribution in [-0.4, -0.2) is 42.6 Å². The molecule has 0 unspecified atom stereocenters. The Morgan fingerprint density at radius 1 is 1.26 bits per heavy atom. The maximum atomic E-state index is 9.97. The third-order valence-electron chi connectivity index (χ3n) is 3.05. The highest BCUT2D eigenvalue weighted by molar-refractivity contribution is 5.74. The molecule has 0 atom stereocenters. The summed E-state index contributed by atoms with van der Waals surface area (Å²) < 4.78 is 0. The summed E-state index contributed by atoms with van der Waals surface area (Å²) in [6.07, 6.45) is 6.48. The maximum absolute atomic E-state index is 9.97. The van der Waals surface area contributed by atoms with Gasteiger partial charge in [-0.1, -0.05) is 12.2 Å².